The third kappa shape index (κ3) is 3.85. The number of nitrogens with zero attached hydrogens (tertiary/aromatic N) is 5. The van der Waals surface area contributed by atoms with Gasteiger partial charge in [-0.2, -0.15) is 15.0 Å². The molecule has 2 aromatic heterocycles. The number of aromatic nitrogens is 4. The number of hydrogen-bond donors (Lipinski definition) is 1. The lowest BCUT2D eigenvalue weighted by Crippen LogP contribution is -2.23. The van der Waals surface area contributed by atoms with E-state index in [0.29, 0.717) is 12.4 Å². The molecule has 0 fully saturated rings. The largest absolute Gasteiger partial charge is 0.309 e. The molecule has 0 bridgehead atoms. The summed E-state index contributed by atoms with van der Waals surface area (Å²) in [5.74, 6) is 0.0616. The molecule has 3 rings (SSSR count). The van der Waals surface area contributed by atoms with Gasteiger partial charge in [0.2, 0.25) is 5.91 Å². The fourth-order valence-electron chi connectivity index (χ4n) is 2.97. The van der Waals surface area contributed by atoms with E-state index in [1.165, 1.54) is 10.9 Å². The second-order valence-electron chi connectivity index (χ2n) is 6.24. The van der Waals surface area contributed by atoms with Crippen LogP contribution in [0, 0.1) is 25.2 Å². The molecule has 1 aromatic carbocycles. The maximum atomic E-state index is 12.9. The van der Waals surface area contributed by atoms with Crippen molar-refractivity contribution < 1.29 is 4.79 Å². The van der Waals surface area contributed by atoms with Crippen LogP contribution < -0.4 is 5.32 Å². The molecule has 136 valence electrons. The van der Waals surface area contributed by atoms with E-state index in [4.69, 9.17) is 0 Å². The number of benzene rings is 1. The summed E-state index contributed by atoms with van der Waals surface area (Å²) in [6.07, 6.45) is 2.03. The average molecular weight is 360 g/mol. The SMILES string of the molecule is CC[C@H](C(=O)Nc1c(C#N)cnn1-c1nc(C)cc(C)n1)c1ccccc1. The Morgan fingerprint density at radius 2 is 1.89 bits per heavy atom. The van der Waals surface area contributed by atoms with E-state index in [9.17, 15) is 10.1 Å². The highest BCUT2D eigenvalue weighted by molar-refractivity contribution is 5.96. The Morgan fingerprint density at radius 1 is 1.22 bits per heavy atom. The zero-order chi connectivity index (χ0) is 19.4. The second-order valence-corrected chi connectivity index (χ2v) is 6.24. The molecule has 0 radical (unpaired) electrons. The van der Waals surface area contributed by atoms with E-state index in [2.05, 4.69) is 26.5 Å². The standard InChI is InChI=1S/C20H20N6O/c1-4-17(15-8-6-5-7-9-15)19(27)25-18-16(11-21)12-22-26(18)20-23-13(2)10-14(3)24-20/h5-10,12,17H,4H2,1-3H3,(H,25,27)/t17-/m0/s1. The Balaban J connectivity index is 1.98. The maximum absolute atomic E-state index is 12.9. The second kappa shape index (κ2) is 7.79. The molecule has 0 aliphatic heterocycles. The van der Waals surface area contributed by atoms with Gasteiger partial charge in [-0.3, -0.25) is 4.79 Å². The molecule has 0 aliphatic rings. The lowest BCUT2D eigenvalue weighted by Gasteiger charge is -2.16. The maximum Gasteiger partial charge on any atom is 0.252 e. The molecule has 1 N–H and O–H groups in total. The summed E-state index contributed by atoms with van der Waals surface area (Å²) in [4.78, 5) is 21.7. The van der Waals surface area contributed by atoms with Crippen LogP contribution in [0.4, 0.5) is 5.82 Å². The molecule has 0 saturated carbocycles. The highest BCUT2D eigenvalue weighted by Gasteiger charge is 2.23. The number of aryl methyl sites for hydroxylation is 2. The lowest BCUT2D eigenvalue weighted by molar-refractivity contribution is -0.117. The fourth-order valence-corrected chi connectivity index (χ4v) is 2.97. The number of nitriles is 1. The van der Waals surface area contributed by atoms with Gasteiger partial charge in [0.25, 0.3) is 5.95 Å². The number of rotatable bonds is 5. The Morgan fingerprint density at radius 3 is 2.48 bits per heavy atom. The summed E-state index contributed by atoms with van der Waals surface area (Å²) >= 11 is 0. The molecule has 1 atom stereocenters. The highest BCUT2D eigenvalue weighted by Crippen LogP contribution is 2.24. The van der Waals surface area contributed by atoms with Crippen LogP contribution >= 0.6 is 0 Å². The van der Waals surface area contributed by atoms with Gasteiger partial charge in [-0.15, -0.1) is 0 Å². The molecule has 27 heavy (non-hydrogen) atoms. The summed E-state index contributed by atoms with van der Waals surface area (Å²) in [6, 6.07) is 13.5. The van der Waals surface area contributed by atoms with E-state index in [1.54, 1.807) is 0 Å². The third-order valence-electron chi connectivity index (χ3n) is 4.22. The summed E-state index contributed by atoms with van der Waals surface area (Å²) in [5, 5.41) is 16.5. The van der Waals surface area contributed by atoms with Crippen molar-refractivity contribution in [3.8, 4) is 12.0 Å². The topological polar surface area (TPSA) is 96.5 Å². The predicted octanol–water partition coefficient (Wildman–Crippen LogP) is 3.28. The molecule has 0 aliphatic carbocycles. The van der Waals surface area contributed by atoms with Crippen molar-refractivity contribution in [2.45, 2.75) is 33.1 Å². The molecule has 7 nitrogen and oxygen atoms in total. The van der Waals surface area contributed by atoms with Crippen molar-refractivity contribution in [1.29, 1.82) is 5.26 Å². The number of carbonyl (C=O) groups excluding carboxylic acids is 1. The molecule has 1 amide bonds. The Bertz CT molecular complexity index is 983. The van der Waals surface area contributed by atoms with Gasteiger partial charge in [-0.05, 0) is 31.9 Å². The van der Waals surface area contributed by atoms with Crippen molar-refractivity contribution in [3.63, 3.8) is 0 Å². The van der Waals surface area contributed by atoms with Crippen molar-refractivity contribution in [2.75, 3.05) is 5.32 Å². The van der Waals surface area contributed by atoms with E-state index < -0.39 is 0 Å². The van der Waals surface area contributed by atoms with Crippen molar-refractivity contribution in [3.05, 3.63) is 65.1 Å². The molecule has 3 aromatic rings. The minimum atomic E-state index is -0.332. The van der Waals surface area contributed by atoms with E-state index in [1.807, 2.05) is 57.2 Å². The van der Waals surface area contributed by atoms with E-state index in [0.717, 1.165) is 17.0 Å². The minimum absolute atomic E-state index is 0.202. The van der Waals surface area contributed by atoms with Gasteiger partial charge in [0, 0.05) is 11.4 Å². The van der Waals surface area contributed by atoms with Gasteiger partial charge in [0.1, 0.15) is 11.6 Å². The number of nitrogens with one attached hydrogen (secondary N) is 1. The first kappa shape index (κ1) is 18.3. The predicted molar refractivity (Wildman–Crippen MR) is 101 cm³/mol. The fraction of sp³-hybridized carbons (Fsp3) is 0.250. The molecule has 2 heterocycles. The first-order valence-corrected chi connectivity index (χ1v) is 8.70. The van der Waals surface area contributed by atoms with Gasteiger partial charge in [0.15, 0.2) is 5.82 Å². The average Bonchev–Trinajstić information content (AvgIpc) is 3.05. The number of hydrogen-bond acceptors (Lipinski definition) is 5. The first-order chi connectivity index (χ1) is 13.0. The van der Waals surface area contributed by atoms with Crippen LogP contribution in [0.25, 0.3) is 5.95 Å². The minimum Gasteiger partial charge on any atom is -0.309 e. The molecule has 0 spiro atoms. The van der Waals surface area contributed by atoms with Crippen LogP contribution in [-0.2, 0) is 4.79 Å². The molecule has 0 saturated heterocycles. The summed E-state index contributed by atoms with van der Waals surface area (Å²) in [6.45, 7) is 5.66. The normalized spacial score (nSPS) is 11.6. The van der Waals surface area contributed by atoms with Gasteiger partial charge >= 0.3 is 0 Å². The van der Waals surface area contributed by atoms with Gasteiger partial charge in [-0.1, -0.05) is 37.3 Å². The van der Waals surface area contributed by atoms with Crippen LogP contribution in [0.15, 0.2) is 42.6 Å². The van der Waals surface area contributed by atoms with Gasteiger partial charge in [0.05, 0.1) is 12.1 Å². The van der Waals surface area contributed by atoms with Crippen LogP contribution in [0.2, 0.25) is 0 Å². The van der Waals surface area contributed by atoms with Crippen molar-refractivity contribution in [1.82, 2.24) is 19.7 Å². The molecular weight excluding hydrogens is 340 g/mol. The quantitative estimate of drug-likeness (QED) is 0.753. The summed E-state index contributed by atoms with van der Waals surface area (Å²) < 4.78 is 1.40. The van der Waals surface area contributed by atoms with E-state index in [-0.39, 0.29) is 23.2 Å². The van der Waals surface area contributed by atoms with Crippen LogP contribution in [0.3, 0.4) is 0 Å². The number of carbonyl (C=O) groups is 1. The van der Waals surface area contributed by atoms with Gasteiger partial charge in [-0.25, -0.2) is 9.97 Å². The number of amides is 1. The summed E-state index contributed by atoms with van der Waals surface area (Å²) in [5.41, 5.74) is 2.73. The van der Waals surface area contributed by atoms with Crippen LogP contribution in [-0.4, -0.2) is 25.7 Å². The molecule has 0 unspecified atom stereocenters. The van der Waals surface area contributed by atoms with Gasteiger partial charge < -0.3 is 5.32 Å². The summed E-state index contributed by atoms with van der Waals surface area (Å²) in [7, 11) is 0. The zero-order valence-corrected chi connectivity index (χ0v) is 15.5. The van der Waals surface area contributed by atoms with Crippen LogP contribution in [0.5, 0.6) is 0 Å². The molecular formula is C20H20N6O. The van der Waals surface area contributed by atoms with Crippen LogP contribution in [0.1, 0.15) is 41.8 Å². The van der Waals surface area contributed by atoms with E-state index >= 15 is 0 Å². The number of anilines is 1. The lowest BCUT2D eigenvalue weighted by atomic mass is 9.95. The first-order valence-electron chi connectivity index (χ1n) is 8.70. The zero-order valence-electron chi connectivity index (χ0n) is 15.5. The monoisotopic (exact) mass is 360 g/mol. The van der Waals surface area contributed by atoms with Crippen molar-refractivity contribution >= 4 is 11.7 Å². The third-order valence-corrected chi connectivity index (χ3v) is 4.22. The Hall–Kier alpha value is -3.53. The van der Waals surface area contributed by atoms with Crippen molar-refractivity contribution in [2.24, 2.45) is 0 Å². The highest BCUT2D eigenvalue weighted by atomic mass is 16.2. The Labute approximate surface area is 157 Å². The molecule has 7 heteroatoms. The smallest absolute Gasteiger partial charge is 0.252 e. The Kier molecular flexibility index (Phi) is 5.27.